The van der Waals surface area contributed by atoms with Gasteiger partial charge in [0.25, 0.3) is 5.91 Å². The van der Waals surface area contributed by atoms with Gasteiger partial charge in [0.2, 0.25) is 10.0 Å². The maximum atomic E-state index is 13.9. The van der Waals surface area contributed by atoms with Gasteiger partial charge in [0.05, 0.1) is 33.9 Å². The molecule has 4 aromatic rings. The summed E-state index contributed by atoms with van der Waals surface area (Å²) in [5.74, 6) is -0.0193. The first-order valence-electron chi connectivity index (χ1n) is 15.1. The lowest BCUT2D eigenvalue weighted by Crippen LogP contribution is -2.48. The molecule has 232 valence electrons. The van der Waals surface area contributed by atoms with Crippen molar-refractivity contribution in [1.29, 1.82) is 0 Å². The fourth-order valence-corrected chi connectivity index (χ4v) is 9.68. The van der Waals surface area contributed by atoms with E-state index >= 15 is 0 Å². The van der Waals surface area contributed by atoms with Crippen LogP contribution in [0.2, 0.25) is 0 Å². The number of carbonyl (C=O) groups excluding carboxylic acids is 2. The van der Waals surface area contributed by atoms with Crippen molar-refractivity contribution in [3.8, 4) is 5.75 Å². The number of Topliss-reactive ketones (excluding diaryl/α,β-unsaturated/α-hetero) is 1. The highest BCUT2D eigenvalue weighted by atomic mass is 32.2. The lowest BCUT2D eigenvalue weighted by atomic mass is 9.93. The van der Waals surface area contributed by atoms with Gasteiger partial charge in [0, 0.05) is 36.9 Å². The molecule has 0 aromatic heterocycles. The summed E-state index contributed by atoms with van der Waals surface area (Å²) in [7, 11) is -7.52. The van der Waals surface area contributed by atoms with E-state index in [-0.39, 0.29) is 46.7 Å². The third-order valence-electron chi connectivity index (χ3n) is 9.02. The Labute approximate surface area is 262 Å². The van der Waals surface area contributed by atoms with Crippen LogP contribution in [0.5, 0.6) is 5.75 Å². The van der Waals surface area contributed by atoms with E-state index in [0.29, 0.717) is 53.8 Å². The molecule has 1 fully saturated rings. The molecule has 45 heavy (non-hydrogen) atoms. The van der Waals surface area contributed by atoms with E-state index in [4.69, 9.17) is 4.74 Å². The summed E-state index contributed by atoms with van der Waals surface area (Å²) in [5, 5.41) is 1.40. The SMILES string of the molecule is O=C(Cc1ccc2c3c(cccc13)C(=O)N2CCS(=O)(=O)c1ccccc1)C1CCCCN1S(=O)(=O)c1ccc2c(c1)CCO2. The molecule has 4 aromatic carbocycles. The number of nitrogens with zero attached hydrogens (tertiary/aromatic N) is 2. The van der Waals surface area contributed by atoms with Crippen LogP contribution in [0.15, 0.2) is 88.7 Å². The van der Waals surface area contributed by atoms with Gasteiger partial charge in [-0.25, -0.2) is 16.8 Å². The molecule has 1 amide bonds. The number of rotatable bonds is 9. The average Bonchev–Trinajstić information content (AvgIpc) is 3.64. The molecule has 0 saturated carbocycles. The Bertz CT molecular complexity index is 2060. The minimum atomic E-state index is -3.91. The lowest BCUT2D eigenvalue weighted by Gasteiger charge is -2.34. The molecule has 0 spiro atoms. The molecular weight excluding hydrogens is 613 g/mol. The summed E-state index contributed by atoms with van der Waals surface area (Å²) in [6, 6.07) is 21.1. The summed E-state index contributed by atoms with van der Waals surface area (Å²) in [6.45, 7) is 0.779. The van der Waals surface area contributed by atoms with Crippen molar-refractivity contribution in [1.82, 2.24) is 4.31 Å². The number of anilines is 1. The smallest absolute Gasteiger partial charge is 0.259 e. The number of sulfone groups is 1. The van der Waals surface area contributed by atoms with E-state index in [1.807, 2.05) is 6.07 Å². The third-order valence-corrected chi connectivity index (χ3v) is 12.6. The van der Waals surface area contributed by atoms with E-state index < -0.39 is 25.9 Å². The van der Waals surface area contributed by atoms with Crippen molar-refractivity contribution < 1.29 is 31.2 Å². The summed E-state index contributed by atoms with van der Waals surface area (Å²) in [6.07, 6.45) is 2.52. The van der Waals surface area contributed by atoms with Crippen molar-refractivity contribution in [3.63, 3.8) is 0 Å². The molecule has 0 bridgehead atoms. The van der Waals surface area contributed by atoms with Crippen LogP contribution in [-0.4, -0.2) is 64.3 Å². The molecule has 3 aliphatic heterocycles. The number of carbonyl (C=O) groups is 2. The quantitative estimate of drug-likeness (QED) is 0.262. The summed E-state index contributed by atoms with van der Waals surface area (Å²) < 4.78 is 60.4. The van der Waals surface area contributed by atoms with Crippen LogP contribution >= 0.6 is 0 Å². The van der Waals surface area contributed by atoms with Crippen LogP contribution < -0.4 is 9.64 Å². The number of ether oxygens (including phenoxy) is 1. The predicted molar refractivity (Wildman–Crippen MR) is 170 cm³/mol. The predicted octanol–water partition coefficient (Wildman–Crippen LogP) is 4.56. The Morgan fingerprint density at radius 1 is 0.889 bits per heavy atom. The van der Waals surface area contributed by atoms with E-state index in [1.54, 1.807) is 72.8 Å². The van der Waals surface area contributed by atoms with Crippen LogP contribution in [-0.2, 0) is 37.5 Å². The highest BCUT2D eigenvalue weighted by Crippen LogP contribution is 2.40. The molecule has 0 aliphatic carbocycles. The van der Waals surface area contributed by atoms with Crippen LogP contribution in [0.1, 0.15) is 40.7 Å². The average molecular weight is 645 g/mol. The van der Waals surface area contributed by atoms with Crippen molar-refractivity contribution in [3.05, 3.63) is 95.6 Å². The highest BCUT2D eigenvalue weighted by Gasteiger charge is 2.38. The number of piperidine rings is 1. The van der Waals surface area contributed by atoms with Crippen molar-refractivity contribution in [2.24, 2.45) is 0 Å². The molecule has 3 heterocycles. The molecule has 1 atom stereocenters. The molecule has 0 radical (unpaired) electrons. The zero-order valence-electron chi connectivity index (χ0n) is 24.5. The Morgan fingerprint density at radius 2 is 1.71 bits per heavy atom. The zero-order valence-corrected chi connectivity index (χ0v) is 26.1. The van der Waals surface area contributed by atoms with Gasteiger partial charge in [-0.15, -0.1) is 0 Å². The molecule has 0 N–H and O–H groups in total. The number of amides is 1. The molecule has 11 heteroatoms. The largest absolute Gasteiger partial charge is 0.493 e. The minimum absolute atomic E-state index is 0.00548. The third kappa shape index (κ3) is 5.22. The number of sulfonamides is 1. The fourth-order valence-electron chi connectivity index (χ4n) is 6.72. The standard InChI is InChI=1S/C34H32N2O7S2/c37-31(29-11-4-5-17-36(29)45(41,42)26-13-15-32-24(21-26)16-19-43-32)22-23-12-14-30-33-27(23)9-6-10-28(33)34(38)35(30)18-20-44(39,40)25-7-2-1-3-8-25/h1-3,6-10,12-15,21,29H,4-5,11,16-20,22H2. The topological polar surface area (TPSA) is 118 Å². The molecule has 7 rings (SSSR count). The first-order chi connectivity index (χ1) is 21.6. The molecule has 1 unspecified atom stereocenters. The maximum Gasteiger partial charge on any atom is 0.259 e. The van der Waals surface area contributed by atoms with Gasteiger partial charge in [-0.3, -0.25) is 9.59 Å². The summed E-state index contributed by atoms with van der Waals surface area (Å²) in [5.41, 5.74) is 2.61. The summed E-state index contributed by atoms with van der Waals surface area (Å²) in [4.78, 5) is 29.2. The molecular formula is C34H32N2O7S2. The van der Waals surface area contributed by atoms with Crippen LogP contribution in [0.25, 0.3) is 10.8 Å². The van der Waals surface area contributed by atoms with Crippen molar-refractivity contribution >= 4 is 48.0 Å². The van der Waals surface area contributed by atoms with Gasteiger partial charge in [-0.1, -0.05) is 42.8 Å². The maximum absolute atomic E-state index is 13.9. The van der Waals surface area contributed by atoms with E-state index in [0.717, 1.165) is 17.4 Å². The van der Waals surface area contributed by atoms with Gasteiger partial charge in [-0.05, 0) is 71.8 Å². The Hall–Kier alpha value is -4.06. The Morgan fingerprint density at radius 3 is 2.53 bits per heavy atom. The van der Waals surface area contributed by atoms with Crippen LogP contribution in [0.3, 0.4) is 0 Å². The number of fused-ring (bicyclic) bond motifs is 1. The lowest BCUT2D eigenvalue weighted by molar-refractivity contribution is -0.122. The number of benzene rings is 4. The zero-order chi connectivity index (χ0) is 31.3. The van der Waals surface area contributed by atoms with Crippen LogP contribution in [0, 0.1) is 0 Å². The Balaban J connectivity index is 1.15. The highest BCUT2D eigenvalue weighted by molar-refractivity contribution is 7.91. The van der Waals surface area contributed by atoms with Gasteiger partial charge in [0.15, 0.2) is 15.6 Å². The minimum Gasteiger partial charge on any atom is -0.493 e. The second-order valence-electron chi connectivity index (χ2n) is 11.7. The number of hydrogen-bond acceptors (Lipinski definition) is 7. The van der Waals surface area contributed by atoms with Gasteiger partial charge >= 0.3 is 0 Å². The van der Waals surface area contributed by atoms with Gasteiger partial charge in [-0.2, -0.15) is 4.31 Å². The van der Waals surface area contributed by atoms with Crippen molar-refractivity contribution in [2.75, 3.05) is 30.3 Å². The fraction of sp³-hybridized carbons (Fsp3) is 0.294. The van der Waals surface area contributed by atoms with E-state index in [1.165, 1.54) is 9.21 Å². The second-order valence-corrected chi connectivity index (χ2v) is 15.7. The van der Waals surface area contributed by atoms with Gasteiger partial charge in [0.1, 0.15) is 5.75 Å². The normalized spacial score (nSPS) is 18.3. The monoisotopic (exact) mass is 644 g/mol. The first kappa shape index (κ1) is 29.6. The van der Waals surface area contributed by atoms with E-state index in [2.05, 4.69) is 0 Å². The first-order valence-corrected chi connectivity index (χ1v) is 18.2. The van der Waals surface area contributed by atoms with Gasteiger partial charge < -0.3 is 9.64 Å². The van der Waals surface area contributed by atoms with Crippen LogP contribution in [0.4, 0.5) is 5.69 Å². The molecule has 9 nitrogen and oxygen atoms in total. The molecule has 3 aliphatic rings. The molecule has 1 saturated heterocycles. The van der Waals surface area contributed by atoms with E-state index in [9.17, 15) is 26.4 Å². The summed E-state index contributed by atoms with van der Waals surface area (Å²) >= 11 is 0. The second kappa shape index (κ2) is 11.4. The van der Waals surface area contributed by atoms with Crippen molar-refractivity contribution in [2.45, 2.75) is 47.9 Å². The number of hydrogen-bond donors (Lipinski definition) is 0. The Kier molecular flexibility index (Phi) is 7.50. The number of ketones is 1.